The maximum atomic E-state index is 5.45. The van der Waals surface area contributed by atoms with E-state index in [4.69, 9.17) is 9.47 Å². The van der Waals surface area contributed by atoms with Gasteiger partial charge in [0.05, 0.1) is 20.3 Å². The minimum atomic E-state index is 0.859. The van der Waals surface area contributed by atoms with Crippen molar-refractivity contribution < 1.29 is 9.47 Å². The van der Waals surface area contributed by atoms with Crippen LogP contribution in [0.4, 0.5) is 0 Å². The van der Waals surface area contributed by atoms with Crippen LogP contribution in [0.15, 0.2) is 54.6 Å². The molecule has 0 spiro atoms. The second-order valence-corrected chi connectivity index (χ2v) is 6.79. The van der Waals surface area contributed by atoms with Gasteiger partial charge >= 0.3 is 0 Å². The van der Waals surface area contributed by atoms with Gasteiger partial charge in [-0.2, -0.15) is 0 Å². The quantitative estimate of drug-likeness (QED) is 0.802. The molecule has 2 aromatic rings. The van der Waals surface area contributed by atoms with E-state index in [-0.39, 0.29) is 0 Å². The number of hydrogen-bond acceptors (Lipinski definition) is 3. The average molecular weight is 347 g/mol. The van der Waals surface area contributed by atoms with Crippen molar-refractivity contribution >= 4 is 17.2 Å². The molecule has 0 unspecified atom stereocenters. The Hall–Kier alpha value is -2.36. The third-order valence-electron chi connectivity index (χ3n) is 5.15. The van der Waals surface area contributed by atoms with Crippen molar-refractivity contribution in [2.75, 3.05) is 40.0 Å². The number of benzene rings is 2. The Morgan fingerprint density at radius 3 is 2.46 bits per heavy atom. The standard InChI is InChI=1S/C23H25NO2/c1-25-21-8-6-18(7-9-21)16-20-17-19(22-4-2-3-5-23(20)22)10-11-24-12-14-26-15-13-24/h2-9,16-17H,10-15H2,1H3/b20-16+. The van der Waals surface area contributed by atoms with Gasteiger partial charge in [-0.25, -0.2) is 0 Å². The summed E-state index contributed by atoms with van der Waals surface area (Å²) >= 11 is 0. The van der Waals surface area contributed by atoms with Gasteiger partial charge < -0.3 is 9.47 Å². The van der Waals surface area contributed by atoms with Crippen molar-refractivity contribution in [3.05, 3.63) is 71.3 Å². The van der Waals surface area contributed by atoms with Crippen molar-refractivity contribution in [1.29, 1.82) is 0 Å². The third kappa shape index (κ3) is 3.74. The number of hydrogen-bond donors (Lipinski definition) is 0. The number of rotatable bonds is 5. The van der Waals surface area contributed by atoms with Crippen LogP contribution < -0.4 is 4.74 Å². The predicted molar refractivity (Wildman–Crippen MR) is 107 cm³/mol. The van der Waals surface area contributed by atoms with Gasteiger partial charge in [-0.3, -0.25) is 4.90 Å². The van der Waals surface area contributed by atoms with Crippen molar-refractivity contribution in [3.63, 3.8) is 0 Å². The molecule has 0 aromatic heterocycles. The number of fused-ring (bicyclic) bond motifs is 1. The van der Waals surface area contributed by atoms with Crippen LogP contribution in [0.5, 0.6) is 5.75 Å². The molecule has 4 rings (SSSR count). The van der Waals surface area contributed by atoms with Crippen LogP contribution in [-0.2, 0) is 4.74 Å². The minimum absolute atomic E-state index is 0.859. The molecule has 1 aliphatic carbocycles. The summed E-state index contributed by atoms with van der Waals surface area (Å²) in [5.74, 6) is 0.890. The van der Waals surface area contributed by atoms with Gasteiger partial charge in [-0.15, -0.1) is 0 Å². The Kier molecular flexibility index (Phi) is 5.19. The lowest BCUT2D eigenvalue weighted by molar-refractivity contribution is 0.0390. The van der Waals surface area contributed by atoms with Crippen LogP contribution >= 0.6 is 0 Å². The first-order chi connectivity index (χ1) is 12.8. The van der Waals surface area contributed by atoms with Crippen LogP contribution in [0.25, 0.3) is 17.2 Å². The Labute approximate surface area is 155 Å². The molecule has 0 N–H and O–H groups in total. The first-order valence-corrected chi connectivity index (χ1v) is 9.30. The fourth-order valence-electron chi connectivity index (χ4n) is 3.67. The molecule has 0 bridgehead atoms. The van der Waals surface area contributed by atoms with Crippen LogP contribution in [0.3, 0.4) is 0 Å². The van der Waals surface area contributed by atoms with Crippen LogP contribution in [0, 0.1) is 0 Å². The normalized spacial score (nSPS) is 18.7. The number of morpholine rings is 1. The molecular formula is C23H25NO2. The molecule has 26 heavy (non-hydrogen) atoms. The van der Waals surface area contributed by atoms with Gasteiger partial charge in [0, 0.05) is 19.6 Å². The first-order valence-electron chi connectivity index (χ1n) is 9.30. The van der Waals surface area contributed by atoms with E-state index in [9.17, 15) is 0 Å². The fraction of sp³-hybridized carbons (Fsp3) is 0.304. The zero-order valence-electron chi connectivity index (χ0n) is 15.3. The summed E-state index contributed by atoms with van der Waals surface area (Å²) in [4.78, 5) is 2.50. The largest absolute Gasteiger partial charge is 0.497 e. The lowest BCUT2D eigenvalue weighted by atomic mass is 10.0. The lowest BCUT2D eigenvalue weighted by Gasteiger charge is -2.26. The molecule has 3 nitrogen and oxygen atoms in total. The topological polar surface area (TPSA) is 21.7 Å². The molecule has 0 atom stereocenters. The number of ether oxygens (including phenoxy) is 2. The first kappa shape index (κ1) is 17.1. The smallest absolute Gasteiger partial charge is 0.118 e. The summed E-state index contributed by atoms with van der Waals surface area (Å²) in [5.41, 5.74) is 6.64. The monoisotopic (exact) mass is 347 g/mol. The van der Waals surface area contributed by atoms with Crippen LogP contribution in [-0.4, -0.2) is 44.9 Å². The van der Waals surface area contributed by atoms with Gasteiger partial charge in [0.1, 0.15) is 5.75 Å². The van der Waals surface area contributed by atoms with E-state index in [1.165, 1.54) is 27.8 Å². The molecule has 0 saturated carbocycles. The van der Waals surface area contributed by atoms with E-state index in [2.05, 4.69) is 53.5 Å². The van der Waals surface area contributed by atoms with Gasteiger partial charge in [-0.05, 0) is 52.5 Å². The summed E-state index contributed by atoms with van der Waals surface area (Å²) in [6.45, 7) is 4.91. The highest BCUT2D eigenvalue weighted by Gasteiger charge is 2.19. The van der Waals surface area contributed by atoms with Crippen LogP contribution in [0.1, 0.15) is 23.1 Å². The maximum Gasteiger partial charge on any atom is 0.118 e. The predicted octanol–water partition coefficient (Wildman–Crippen LogP) is 4.36. The molecule has 0 amide bonds. The molecule has 134 valence electrons. The minimum Gasteiger partial charge on any atom is -0.497 e. The van der Waals surface area contributed by atoms with Crippen molar-refractivity contribution in [2.24, 2.45) is 0 Å². The van der Waals surface area contributed by atoms with Gasteiger partial charge in [0.15, 0.2) is 0 Å². The zero-order valence-corrected chi connectivity index (χ0v) is 15.3. The molecule has 0 radical (unpaired) electrons. The molecule has 1 saturated heterocycles. The fourth-order valence-corrected chi connectivity index (χ4v) is 3.67. The Balaban J connectivity index is 1.56. The maximum absolute atomic E-state index is 5.45. The van der Waals surface area contributed by atoms with Crippen molar-refractivity contribution in [3.8, 4) is 5.75 Å². The second-order valence-electron chi connectivity index (χ2n) is 6.79. The van der Waals surface area contributed by atoms with E-state index in [1.807, 2.05) is 12.1 Å². The van der Waals surface area contributed by atoms with E-state index in [1.54, 1.807) is 7.11 Å². The van der Waals surface area contributed by atoms with Gasteiger partial charge in [0.25, 0.3) is 0 Å². The molecule has 3 heteroatoms. The van der Waals surface area contributed by atoms with Crippen molar-refractivity contribution in [2.45, 2.75) is 6.42 Å². The molecule has 1 fully saturated rings. The molecule has 1 heterocycles. The highest BCUT2D eigenvalue weighted by atomic mass is 16.5. The summed E-state index contributed by atoms with van der Waals surface area (Å²) in [6.07, 6.45) is 5.70. The third-order valence-corrected chi connectivity index (χ3v) is 5.15. The summed E-state index contributed by atoms with van der Waals surface area (Å²) in [7, 11) is 1.70. The van der Waals surface area contributed by atoms with Crippen LogP contribution in [0.2, 0.25) is 0 Å². The Bertz CT molecular complexity index is 814. The van der Waals surface area contributed by atoms with E-state index >= 15 is 0 Å². The lowest BCUT2D eigenvalue weighted by Crippen LogP contribution is -2.36. The van der Waals surface area contributed by atoms with Gasteiger partial charge in [-0.1, -0.05) is 42.5 Å². The molecule has 1 aliphatic heterocycles. The van der Waals surface area contributed by atoms with E-state index < -0.39 is 0 Å². The second kappa shape index (κ2) is 7.90. The van der Waals surface area contributed by atoms with E-state index in [0.29, 0.717) is 0 Å². The summed E-state index contributed by atoms with van der Waals surface area (Å²) < 4.78 is 10.7. The Morgan fingerprint density at radius 1 is 1.00 bits per heavy atom. The number of allylic oxidation sites excluding steroid dienone is 2. The highest BCUT2D eigenvalue weighted by molar-refractivity contribution is 6.01. The number of methoxy groups -OCH3 is 1. The summed E-state index contributed by atoms with van der Waals surface area (Å²) in [6, 6.07) is 17.0. The van der Waals surface area contributed by atoms with E-state index in [0.717, 1.165) is 45.0 Å². The van der Waals surface area contributed by atoms with Crippen molar-refractivity contribution in [1.82, 2.24) is 4.90 Å². The molecule has 2 aromatic carbocycles. The zero-order chi connectivity index (χ0) is 17.8. The molecule has 2 aliphatic rings. The average Bonchev–Trinajstić information content (AvgIpc) is 3.05. The Morgan fingerprint density at radius 2 is 1.73 bits per heavy atom. The highest BCUT2D eigenvalue weighted by Crippen LogP contribution is 2.38. The molecular weight excluding hydrogens is 322 g/mol. The SMILES string of the molecule is COc1ccc(/C=C2\C=C(CCN3CCOCC3)c3ccccc32)cc1. The number of nitrogens with zero attached hydrogens (tertiary/aromatic N) is 1. The summed E-state index contributed by atoms with van der Waals surface area (Å²) in [5, 5.41) is 0. The van der Waals surface area contributed by atoms with Gasteiger partial charge in [0.2, 0.25) is 0 Å².